The van der Waals surface area contributed by atoms with Gasteiger partial charge in [-0.05, 0) is 23.8 Å². The standard InChI is InChI=1S/C22H21F3N4OS/c23-22(24,25)18-5-1-3-16(11-18)14-28-7-9-29(10-8-28)20(30)12-19-15-31-21(27-19)17-4-2-6-26-13-17/h1-6,11,13,15H,7-10,12,14H2. The van der Waals surface area contributed by atoms with Gasteiger partial charge in [0.2, 0.25) is 5.91 Å². The molecule has 0 atom stereocenters. The van der Waals surface area contributed by atoms with Crippen LogP contribution in [0.2, 0.25) is 0 Å². The topological polar surface area (TPSA) is 49.3 Å². The van der Waals surface area contributed by atoms with Crippen LogP contribution in [0.25, 0.3) is 10.6 Å². The van der Waals surface area contributed by atoms with Crippen molar-refractivity contribution in [2.75, 3.05) is 26.2 Å². The molecular formula is C22H21F3N4OS. The minimum atomic E-state index is -4.34. The van der Waals surface area contributed by atoms with Crippen LogP contribution in [0.15, 0.2) is 54.2 Å². The molecule has 5 nitrogen and oxygen atoms in total. The Kier molecular flexibility index (Phi) is 6.33. The number of piperazine rings is 1. The van der Waals surface area contributed by atoms with E-state index in [4.69, 9.17) is 0 Å². The largest absolute Gasteiger partial charge is 0.416 e. The zero-order valence-electron chi connectivity index (χ0n) is 16.7. The summed E-state index contributed by atoms with van der Waals surface area (Å²) in [5.74, 6) is 0.0155. The Morgan fingerprint density at radius 1 is 1.10 bits per heavy atom. The van der Waals surface area contributed by atoms with Crippen molar-refractivity contribution in [2.24, 2.45) is 0 Å². The summed E-state index contributed by atoms with van der Waals surface area (Å²) in [5, 5.41) is 2.73. The highest BCUT2D eigenvalue weighted by molar-refractivity contribution is 7.13. The molecule has 0 bridgehead atoms. The SMILES string of the molecule is O=C(Cc1csc(-c2cccnc2)n1)N1CCN(Cc2cccc(C(F)(F)F)c2)CC1. The lowest BCUT2D eigenvalue weighted by Crippen LogP contribution is -2.48. The average molecular weight is 446 g/mol. The fourth-order valence-electron chi connectivity index (χ4n) is 3.54. The molecule has 1 saturated heterocycles. The number of thiazole rings is 1. The number of alkyl halides is 3. The molecule has 1 fully saturated rings. The van der Waals surface area contributed by atoms with Crippen molar-refractivity contribution in [1.82, 2.24) is 19.8 Å². The lowest BCUT2D eigenvalue weighted by Gasteiger charge is -2.34. The molecule has 3 aromatic rings. The van der Waals surface area contributed by atoms with E-state index >= 15 is 0 Å². The summed E-state index contributed by atoms with van der Waals surface area (Å²) < 4.78 is 38.7. The Bertz CT molecular complexity index is 1030. The Labute approximate surface area is 182 Å². The molecule has 9 heteroatoms. The van der Waals surface area contributed by atoms with E-state index in [1.807, 2.05) is 17.5 Å². The first-order chi connectivity index (χ1) is 14.9. The van der Waals surface area contributed by atoms with Gasteiger partial charge in [-0.25, -0.2) is 4.98 Å². The first-order valence-corrected chi connectivity index (χ1v) is 10.8. The Morgan fingerprint density at radius 3 is 2.61 bits per heavy atom. The van der Waals surface area contributed by atoms with Crippen molar-refractivity contribution >= 4 is 17.2 Å². The van der Waals surface area contributed by atoms with E-state index in [1.165, 1.54) is 23.5 Å². The van der Waals surface area contributed by atoms with E-state index in [-0.39, 0.29) is 12.3 Å². The smallest absolute Gasteiger partial charge is 0.340 e. The van der Waals surface area contributed by atoms with Gasteiger partial charge in [0.05, 0.1) is 17.7 Å². The molecule has 0 aliphatic carbocycles. The third kappa shape index (κ3) is 5.48. The molecule has 0 N–H and O–H groups in total. The molecule has 0 saturated carbocycles. The van der Waals surface area contributed by atoms with Crippen LogP contribution in [0.1, 0.15) is 16.8 Å². The van der Waals surface area contributed by atoms with E-state index in [9.17, 15) is 18.0 Å². The van der Waals surface area contributed by atoms with Crippen LogP contribution in [0, 0.1) is 0 Å². The summed E-state index contributed by atoms with van der Waals surface area (Å²) in [5.41, 5.74) is 1.65. The molecule has 0 unspecified atom stereocenters. The summed E-state index contributed by atoms with van der Waals surface area (Å²) in [6, 6.07) is 9.19. The second kappa shape index (κ2) is 9.15. The number of aromatic nitrogens is 2. The van der Waals surface area contributed by atoms with Crippen LogP contribution in [0.4, 0.5) is 13.2 Å². The zero-order chi connectivity index (χ0) is 21.8. The molecule has 1 aliphatic heterocycles. The van der Waals surface area contributed by atoms with Gasteiger partial charge in [0.1, 0.15) is 5.01 Å². The molecule has 3 heterocycles. The maximum atomic E-state index is 12.9. The normalized spacial score (nSPS) is 15.3. The minimum Gasteiger partial charge on any atom is -0.340 e. The first kappa shape index (κ1) is 21.5. The number of amides is 1. The summed E-state index contributed by atoms with van der Waals surface area (Å²) in [6.45, 7) is 2.79. The van der Waals surface area contributed by atoms with Gasteiger partial charge in [-0.15, -0.1) is 11.3 Å². The van der Waals surface area contributed by atoms with Gasteiger partial charge in [0.25, 0.3) is 0 Å². The van der Waals surface area contributed by atoms with Crippen molar-refractivity contribution in [3.8, 4) is 10.6 Å². The average Bonchev–Trinajstić information content (AvgIpc) is 3.23. The maximum absolute atomic E-state index is 12.9. The number of hydrogen-bond acceptors (Lipinski definition) is 5. The third-order valence-electron chi connectivity index (χ3n) is 5.18. The predicted octanol–water partition coefficient (Wildman–Crippen LogP) is 4.11. The van der Waals surface area contributed by atoms with Crippen LogP contribution in [0.3, 0.4) is 0 Å². The molecule has 162 valence electrons. The highest BCUT2D eigenvalue weighted by Gasteiger charge is 2.30. The number of nitrogens with zero attached hydrogens (tertiary/aromatic N) is 4. The van der Waals surface area contributed by atoms with Crippen molar-refractivity contribution in [3.63, 3.8) is 0 Å². The Hall–Kier alpha value is -2.78. The van der Waals surface area contributed by atoms with E-state index in [1.54, 1.807) is 23.4 Å². The quantitative estimate of drug-likeness (QED) is 0.592. The fourth-order valence-corrected chi connectivity index (χ4v) is 4.35. The Balaban J connectivity index is 1.29. The van der Waals surface area contributed by atoms with Crippen molar-refractivity contribution in [2.45, 2.75) is 19.1 Å². The monoisotopic (exact) mass is 446 g/mol. The van der Waals surface area contributed by atoms with Crippen LogP contribution < -0.4 is 0 Å². The van der Waals surface area contributed by atoms with Gasteiger partial charge >= 0.3 is 6.18 Å². The zero-order valence-corrected chi connectivity index (χ0v) is 17.5. The van der Waals surface area contributed by atoms with Crippen LogP contribution >= 0.6 is 11.3 Å². The molecule has 4 rings (SSSR count). The maximum Gasteiger partial charge on any atom is 0.416 e. The third-order valence-corrected chi connectivity index (χ3v) is 6.12. The van der Waals surface area contributed by atoms with Gasteiger partial charge in [-0.3, -0.25) is 14.7 Å². The van der Waals surface area contributed by atoms with Gasteiger partial charge in [-0.2, -0.15) is 13.2 Å². The van der Waals surface area contributed by atoms with Crippen molar-refractivity contribution in [3.05, 3.63) is 71.0 Å². The Morgan fingerprint density at radius 2 is 1.90 bits per heavy atom. The van der Waals surface area contributed by atoms with Crippen molar-refractivity contribution < 1.29 is 18.0 Å². The second-order valence-electron chi connectivity index (χ2n) is 7.42. The lowest BCUT2D eigenvalue weighted by molar-refractivity contribution is -0.137. The number of hydrogen-bond donors (Lipinski definition) is 0. The number of pyridine rings is 1. The van der Waals surface area contributed by atoms with E-state index in [0.717, 1.165) is 22.3 Å². The number of rotatable bonds is 5. The van der Waals surface area contributed by atoms with Crippen LogP contribution in [-0.4, -0.2) is 51.9 Å². The molecule has 1 amide bonds. The van der Waals surface area contributed by atoms with Gasteiger partial charge in [-0.1, -0.05) is 18.2 Å². The molecule has 1 aliphatic rings. The number of carbonyl (C=O) groups excluding carboxylic acids is 1. The molecule has 0 radical (unpaired) electrons. The van der Waals surface area contributed by atoms with Gasteiger partial charge in [0, 0.05) is 56.1 Å². The van der Waals surface area contributed by atoms with E-state index in [2.05, 4.69) is 14.9 Å². The summed E-state index contributed by atoms with van der Waals surface area (Å²) in [4.78, 5) is 25.2. The van der Waals surface area contributed by atoms with Crippen LogP contribution in [0.5, 0.6) is 0 Å². The molecule has 1 aromatic carbocycles. The summed E-state index contributed by atoms with van der Waals surface area (Å²) >= 11 is 1.49. The summed E-state index contributed by atoms with van der Waals surface area (Å²) in [6.07, 6.45) is -0.652. The summed E-state index contributed by atoms with van der Waals surface area (Å²) in [7, 11) is 0. The first-order valence-electron chi connectivity index (χ1n) is 9.89. The van der Waals surface area contributed by atoms with E-state index in [0.29, 0.717) is 38.3 Å². The molecule has 31 heavy (non-hydrogen) atoms. The highest BCUT2D eigenvalue weighted by Crippen LogP contribution is 2.30. The molecular weight excluding hydrogens is 425 g/mol. The minimum absolute atomic E-state index is 0.0155. The lowest BCUT2D eigenvalue weighted by atomic mass is 10.1. The number of benzene rings is 1. The molecule has 2 aromatic heterocycles. The van der Waals surface area contributed by atoms with Crippen LogP contribution in [-0.2, 0) is 23.9 Å². The second-order valence-corrected chi connectivity index (χ2v) is 8.28. The van der Waals surface area contributed by atoms with E-state index < -0.39 is 11.7 Å². The fraction of sp³-hybridized carbons (Fsp3) is 0.318. The molecule has 0 spiro atoms. The van der Waals surface area contributed by atoms with Crippen molar-refractivity contribution in [1.29, 1.82) is 0 Å². The van der Waals surface area contributed by atoms with Gasteiger partial charge < -0.3 is 4.90 Å². The van der Waals surface area contributed by atoms with Gasteiger partial charge in [0.15, 0.2) is 0 Å². The predicted molar refractivity (Wildman–Crippen MR) is 112 cm³/mol. The number of carbonyl (C=O) groups is 1. The number of halogens is 3. The highest BCUT2D eigenvalue weighted by atomic mass is 32.1.